The number of hydrogen-bond donors (Lipinski definition) is 4. The summed E-state index contributed by atoms with van der Waals surface area (Å²) in [5, 5.41) is 12.5. The lowest BCUT2D eigenvalue weighted by Crippen LogP contribution is -2.48. The van der Waals surface area contributed by atoms with Gasteiger partial charge in [-0.15, -0.1) is 5.48 Å². The highest BCUT2D eigenvalue weighted by atomic mass is 28.4. The summed E-state index contributed by atoms with van der Waals surface area (Å²) in [6.07, 6.45) is 4.26. The number of nitrogens with zero attached hydrogens (tertiary/aromatic N) is 3. The van der Waals surface area contributed by atoms with Gasteiger partial charge < -0.3 is 24.1 Å². The van der Waals surface area contributed by atoms with Gasteiger partial charge in [-0.1, -0.05) is 161 Å². The Morgan fingerprint density at radius 2 is 1.38 bits per heavy atom. The van der Waals surface area contributed by atoms with E-state index in [1.165, 1.54) is 0 Å². The summed E-state index contributed by atoms with van der Waals surface area (Å²) in [7, 11) is -2.38. The number of hydroxylamine groups is 1. The van der Waals surface area contributed by atoms with Crippen LogP contribution < -0.4 is 31.1 Å². The van der Waals surface area contributed by atoms with Gasteiger partial charge in [-0.2, -0.15) is 5.01 Å². The van der Waals surface area contributed by atoms with Crippen LogP contribution in [-0.2, 0) is 40.1 Å². The monoisotopic (exact) mass is 1130 g/mol. The third kappa shape index (κ3) is 16.1. The lowest BCUT2D eigenvalue weighted by atomic mass is 9.92. The van der Waals surface area contributed by atoms with Gasteiger partial charge in [0, 0.05) is 48.1 Å². The maximum atomic E-state index is 13.9. The molecule has 1 fully saturated rings. The Labute approximate surface area is 484 Å². The highest BCUT2D eigenvalue weighted by molar-refractivity contribution is 6.74. The Bertz CT molecular complexity index is 3280. The summed E-state index contributed by atoms with van der Waals surface area (Å²) in [6, 6.07) is 50.2. The second-order valence-corrected chi connectivity index (χ2v) is 28.8. The molecular formula is C67H82N6O8Si. The molecule has 14 nitrogen and oxygen atoms in total. The van der Waals surface area contributed by atoms with Crippen LogP contribution in [0.4, 0.5) is 21.0 Å². The van der Waals surface area contributed by atoms with Crippen molar-refractivity contribution in [2.45, 2.75) is 148 Å². The highest BCUT2D eigenvalue weighted by Crippen LogP contribution is 2.43. The number of aromatic amines is 1. The average Bonchev–Trinajstić information content (AvgIpc) is 2.88. The number of hydrogen-bond acceptors (Lipinski definition) is 9. The van der Waals surface area contributed by atoms with E-state index in [-0.39, 0.29) is 47.2 Å². The maximum absolute atomic E-state index is 13.9. The van der Waals surface area contributed by atoms with Crippen molar-refractivity contribution in [3.8, 4) is 16.9 Å². The molecule has 1 aromatic heterocycles. The van der Waals surface area contributed by atoms with Crippen LogP contribution in [0.25, 0.3) is 22.0 Å². The average molecular weight is 1130 g/mol. The molecule has 0 saturated heterocycles. The summed E-state index contributed by atoms with van der Waals surface area (Å²) in [5.74, 6) is 0.206. The third-order valence-corrected chi connectivity index (χ3v) is 20.5. The SMILES string of the molecule is CC(C)(C)N(CCc1ccc(N(NC(=O)CCCc2ccc(-c3ccccc3)c(N(C(=O)O)C3CCCCC3)c2)C(=O)ONCc2ccccc2)cc1)C[C@H](O[Si](C)(C)C(C)(C)C)c1ccc(OCc2ccccc2)c2[nH]c(=O)ccc12. The van der Waals surface area contributed by atoms with Crippen LogP contribution in [0, 0.1) is 0 Å². The van der Waals surface area contributed by atoms with Crippen LogP contribution in [0.15, 0.2) is 163 Å². The fourth-order valence-corrected chi connectivity index (χ4v) is 11.6. The molecule has 1 aliphatic rings. The van der Waals surface area contributed by atoms with E-state index in [9.17, 15) is 24.3 Å². The van der Waals surface area contributed by atoms with Gasteiger partial charge in [0.2, 0.25) is 11.5 Å². The van der Waals surface area contributed by atoms with E-state index < -0.39 is 20.5 Å². The maximum Gasteiger partial charge on any atom is 0.452 e. The molecule has 6 aromatic carbocycles. The quantitative estimate of drug-likeness (QED) is 0.0379. The van der Waals surface area contributed by atoms with Crippen LogP contribution in [0.3, 0.4) is 0 Å². The summed E-state index contributed by atoms with van der Waals surface area (Å²) >= 11 is 0. The zero-order valence-corrected chi connectivity index (χ0v) is 50.0. The number of carbonyl (C=O) groups is 3. The van der Waals surface area contributed by atoms with Crippen LogP contribution >= 0.6 is 0 Å². The molecule has 0 radical (unpaired) electrons. The molecule has 7 aromatic rings. The number of carbonyl (C=O) groups excluding carboxylic acids is 2. The van der Waals surface area contributed by atoms with Crippen LogP contribution in [0.5, 0.6) is 5.75 Å². The molecule has 0 bridgehead atoms. The number of fused-ring (bicyclic) bond motifs is 1. The van der Waals surface area contributed by atoms with Crippen molar-refractivity contribution in [1.82, 2.24) is 20.8 Å². The van der Waals surface area contributed by atoms with Gasteiger partial charge in [0.05, 0.1) is 29.5 Å². The molecule has 0 unspecified atom stereocenters. The number of hydrazine groups is 1. The van der Waals surface area contributed by atoms with Crippen LogP contribution in [-0.4, -0.2) is 66.1 Å². The lowest BCUT2D eigenvalue weighted by molar-refractivity contribution is -0.121. The number of amides is 3. The van der Waals surface area contributed by atoms with E-state index in [0.29, 0.717) is 61.6 Å². The zero-order valence-electron chi connectivity index (χ0n) is 49.0. The summed E-state index contributed by atoms with van der Waals surface area (Å²) in [6.45, 7) is 19.7. The van der Waals surface area contributed by atoms with E-state index in [2.05, 4.69) is 81.5 Å². The summed E-state index contributed by atoms with van der Waals surface area (Å²) < 4.78 is 13.7. The minimum atomic E-state index is -2.38. The molecule has 82 heavy (non-hydrogen) atoms. The topological polar surface area (TPSA) is 166 Å². The van der Waals surface area contributed by atoms with E-state index in [1.54, 1.807) is 11.0 Å². The lowest BCUT2D eigenvalue weighted by Gasteiger charge is -2.43. The number of aromatic nitrogens is 1. The fraction of sp³-hybridized carbons (Fsp3) is 0.373. The smallest absolute Gasteiger partial charge is 0.452 e. The molecule has 1 aliphatic carbocycles. The van der Waals surface area contributed by atoms with Crippen molar-refractivity contribution in [2.24, 2.45) is 0 Å². The second kappa shape index (κ2) is 27.5. The van der Waals surface area contributed by atoms with Crippen molar-refractivity contribution < 1.29 is 33.5 Å². The Balaban J connectivity index is 0.989. The van der Waals surface area contributed by atoms with Crippen LogP contribution in [0.2, 0.25) is 18.1 Å². The molecule has 1 heterocycles. The number of anilines is 2. The Morgan fingerprint density at radius 1 is 0.732 bits per heavy atom. The number of nitrogens with one attached hydrogen (secondary N) is 3. The van der Waals surface area contributed by atoms with Gasteiger partial charge in [0.25, 0.3) is 0 Å². The number of rotatable bonds is 22. The minimum absolute atomic E-state index is 0.0815. The number of ether oxygens (including phenoxy) is 1. The molecule has 1 saturated carbocycles. The Morgan fingerprint density at radius 3 is 2.02 bits per heavy atom. The first kappa shape index (κ1) is 60.5. The van der Waals surface area contributed by atoms with E-state index in [4.69, 9.17) is 14.0 Å². The molecule has 4 N–H and O–H groups in total. The first-order valence-corrected chi connectivity index (χ1v) is 31.8. The molecule has 8 rings (SSSR count). The predicted molar refractivity (Wildman–Crippen MR) is 330 cm³/mol. The second-order valence-electron chi connectivity index (χ2n) is 24.0. The molecule has 3 amide bonds. The van der Waals surface area contributed by atoms with Gasteiger partial charge in [0.15, 0.2) is 8.32 Å². The highest BCUT2D eigenvalue weighted by Gasteiger charge is 2.41. The van der Waals surface area contributed by atoms with Gasteiger partial charge in [-0.25, -0.2) is 9.59 Å². The Kier molecular flexibility index (Phi) is 20.3. The summed E-state index contributed by atoms with van der Waals surface area (Å²) in [5.41, 5.74) is 13.4. The third-order valence-electron chi connectivity index (χ3n) is 16.0. The van der Waals surface area contributed by atoms with Gasteiger partial charge in [-0.3, -0.25) is 24.8 Å². The first-order valence-electron chi connectivity index (χ1n) is 28.9. The van der Waals surface area contributed by atoms with Crippen LogP contribution in [0.1, 0.15) is 120 Å². The van der Waals surface area contributed by atoms with E-state index in [1.807, 2.05) is 146 Å². The summed E-state index contributed by atoms with van der Waals surface area (Å²) in [4.78, 5) is 66.3. The van der Waals surface area contributed by atoms with Crippen molar-refractivity contribution in [3.05, 3.63) is 196 Å². The molecule has 15 heteroatoms. The number of H-pyrrole nitrogens is 1. The normalized spacial score (nSPS) is 13.6. The zero-order chi connectivity index (χ0) is 58.4. The Hall–Kier alpha value is -7.56. The van der Waals surface area contributed by atoms with E-state index in [0.717, 1.165) is 81.4 Å². The predicted octanol–water partition coefficient (Wildman–Crippen LogP) is 14.7. The first-order chi connectivity index (χ1) is 39.2. The minimum Gasteiger partial charge on any atom is -0.487 e. The van der Waals surface area contributed by atoms with Crippen molar-refractivity contribution >= 4 is 48.7 Å². The molecule has 1 atom stereocenters. The number of benzene rings is 6. The van der Waals surface area contributed by atoms with E-state index >= 15 is 0 Å². The molecule has 0 spiro atoms. The number of aryl methyl sites for hydroxylation is 1. The fourth-order valence-electron chi connectivity index (χ4n) is 10.4. The van der Waals surface area contributed by atoms with Crippen molar-refractivity contribution in [3.63, 3.8) is 0 Å². The molecule has 432 valence electrons. The standard InChI is InChI=1S/C67H82N6O8Si/c1-66(2,3)71(46-60(81-82(7,8)67(4,5)6)56-38-40-59(63-57(56)39-41-61(74)69-63)79-47-51-24-15-10-16-25-51)43-42-48-32-35-54(36-33-48)73(65(78)80-68-45-50-22-13-9-14-23-50)70-62(75)31-21-26-49-34-37-55(52-27-17-11-18-28-52)58(44-49)72(64(76)77)53-29-19-12-20-30-53/h9-11,13-18,22-25,27-28,32-41,44,53,60,68H,12,19-21,26,29-31,42-43,45-47H2,1-8H3,(H,69,74)(H,70,75)(H,76,77)/t60-/m0/s1. The number of carboxylic acid groups (broad SMARTS) is 1. The molecule has 0 aliphatic heterocycles. The van der Waals surface area contributed by atoms with Gasteiger partial charge >= 0.3 is 12.2 Å². The van der Waals surface area contributed by atoms with Crippen molar-refractivity contribution in [1.29, 1.82) is 0 Å². The largest absolute Gasteiger partial charge is 0.487 e. The molecular weight excluding hydrogens is 1040 g/mol. The number of pyridine rings is 1. The van der Waals surface area contributed by atoms with Crippen molar-refractivity contribution in [2.75, 3.05) is 23.0 Å². The van der Waals surface area contributed by atoms with Gasteiger partial charge in [-0.05, 0) is 135 Å². The van der Waals surface area contributed by atoms with Gasteiger partial charge in [0.1, 0.15) is 12.4 Å².